The van der Waals surface area contributed by atoms with Gasteiger partial charge in [0, 0.05) is 43.6 Å². The Morgan fingerprint density at radius 2 is 2.03 bits per heavy atom. The van der Waals surface area contributed by atoms with Gasteiger partial charge in [-0.2, -0.15) is 0 Å². The summed E-state index contributed by atoms with van der Waals surface area (Å²) >= 11 is 0. The zero-order valence-electron chi connectivity index (χ0n) is 17.9. The first-order chi connectivity index (χ1) is 14.4. The van der Waals surface area contributed by atoms with E-state index in [2.05, 4.69) is 24.5 Å². The molecule has 3 aliphatic rings. The second kappa shape index (κ2) is 7.84. The molecule has 2 heterocycles. The number of carboxylic acids is 1. The van der Waals surface area contributed by atoms with Crippen LogP contribution in [-0.4, -0.2) is 49.5 Å². The molecule has 160 valence electrons. The van der Waals surface area contributed by atoms with E-state index < -0.39 is 5.97 Å². The lowest BCUT2D eigenvalue weighted by Gasteiger charge is -2.44. The van der Waals surface area contributed by atoms with Gasteiger partial charge in [-0.1, -0.05) is 13.5 Å². The van der Waals surface area contributed by atoms with Crippen LogP contribution in [0.25, 0.3) is 5.70 Å². The number of ether oxygens (including phenoxy) is 3. The van der Waals surface area contributed by atoms with Crippen molar-refractivity contribution in [2.75, 3.05) is 27.4 Å². The van der Waals surface area contributed by atoms with Gasteiger partial charge in [-0.15, -0.1) is 0 Å². The minimum atomic E-state index is -0.946. The number of benzene rings is 1. The van der Waals surface area contributed by atoms with E-state index in [-0.39, 0.29) is 17.0 Å². The van der Waals surface area contributed by atoms with Crippen LogP contribution in [0, 0.1) is 5.41 Å². The van der Waals surface area contributed by atoms with Crippen molar-refractivity contribution in [3.63, 3.8) is 0 Å². The molecule has 2 aliphatic heterocycles. The lowest BCUT2D eigenvalue weighted by Crippen LogP contribution is -2.43. The van der Waals surface area contributed by atoms with Crippen LogP contribution in [0.2, 0.25) is 0 Å². The van der Waals surface area contributed by atoms with Gasteiger partial charge in [0.2, 0.25) is 0 Å². The molecule has 1 aliphatic carbocycles. The monoisotopic (exact) mass is 411 g/mol. The maximum atomic E-state index is 11.7. The average Bonchev–Trinajstić information content (AvgIpc) is 3.47. The fourth-order valence-corrected chi connectivity index (χ4v) is 4.36. The van der Waals surface area contributed by atoms with Crippen molar-refractivity contribution in [3.05, 3.63) is 53.3 Å². The third-order valence-electron chi connectivity index (χ3n) is 6.44. The molecule has 0 bridgehead atoms. The first-order valence-electron chi connectivity index (χ1n) is 10.4. The second-order valence-electron chi connectivity index (χ2n) is 8.54. The number of hydrogen-bond donors (Lipinski definition) is 1. The third-order valence-corrected chi connectivity index (χ3v) is 6.44. The van der Waals surface area contributed by atoms with E-state index in [1.165, 1.54) is 5.56 Å². The maximum Gasteiger partial charge on any atom is 0.337 e. The number of nitrogens with zero attached hydrogens (tertiary/aromatic N) is 1. The van der Waals surface area contributed by atoms with E-state index in [1.54, 1.807) is 20.4 Å². The average molecular weight is 411 g/mol. The number of hydrogen-bond acceptors (Lipinski definition) is 5. The largest absolute Gasteiger partial charge is 0.493 e. The first kappa shape index (κ1) is 20.5. The number of carboxylic acid groups (broad SMARTS) is 1. The number of allylic oxidation sites excluding steroid dienone is 1. The molecule has 0 aromatic heterocycles. The summed E-state index contributed by atoms with van der Waals surface area (Å²) in [5.41, 5.74) is 4.15. The molecule has 0 amide bonds. The Kier molecular flexibility index (Phi) is 5.36. The third kappa shape index (κ3) is 3.60. The fourth-order valence-electron chi connectivity index (χ4n) is 4.36. The van der Waals surface area contributed by atoms with Gasteiger partial charge in [0.1, 0.15) is 0 Å². The van der Waals surface area contributed by atoms with Crippen molar-refractivity contribution in [2.45, 2.75) is 38.6 Å². The second-order valence-corrected chi connectivity index (χ2v) is 8.54. The summed E-state index contributed by atoms with van der Waals surface area (Å²) in [4.78, 5) is 13.9. The highest BCUT2D eigenvalue weighted by Gasteiger charge is 2.50. The molecule has 1 aromatic carbocycles. The Labute approximate surface area is 177 Å². The van der Waals surface area contributed by atoms with Crippen molar-refractivity contribution >= 4 is 11.7 Å². The lowest BCUT2D eigenvalue weighted by atomic mass is 9.81. The Balaban J connectivity index is 1.74. The van der Waals surface area contributed by atoms with E-state index in [0.717, 1.165) is 42.7 Å². The summed E-state index contributed by atoms with van der Waals surface area (Å²) in [6, 6.07) is 4.28. The van der Waals surface area contributed by atoms with Gasteiger partial charge in [-0.3, -0.25) is 0 Å². The predicted molar refractivity (Wildman–Crippen MR) is 114 cm³/mol. The van der Waals surface area contributed by atoms with Crippen molar-refractivity contribution in [2.24, 2.45) is 5.41 Å². The smallest absolute Gasteiger partial charge is 0.337 e. The summed E-state index contributed by atoms with van der Waals surface area (Å²) in [6.45, 7) is 7.47. The van der Waals surface area contributed by atoms with Crippen molar-refractivity contribution < 1.29 is 24.1 Å². The molecule has 1 aromatic rings. The van der Waals surface area contributed by atoms with Crippen LogP contribution in [0.3, 0.4) is 0 Å². The van der Waals surface area contributed by atoms with Gasteiger partial charge in [-0.05, 0) is 54.0 Å². The highest BCUT2D eigenvalue weighted by Crippen LogP contribution is 2.55. The maximum absolute atomic E-state index is 11.7. The van der Waals surface area contributed by atoms with Crippen LogP contribution in [0.1, 0.15) is 37.3 Å². The molecule has 4 rings (SSSR count). The number of aliphatic carboxylic acids is 1. The zero-order valence-corrected chi connectivity index (χ0v) is 17.9. The van der Waals surface area contributed by atoms with Gasteiger partial charge in [0.25, 0.3) is 0 Å². The van der Waals surface area contributed by atoms with Gasteiger partial charge < -0.3 is 24.2 Å². The summed E-state index contributed by atoms with van der Waals surface area (Å²) in [5, 5.41) is 9.61. The van der Waals surface area contributed by atoms with Crippen LogP contribution in [0.4, 0.5) is 0 Å². The highest BCUT2D eigenvalue weighted by atomic mass is 16.5. The molecule has 30 heavy (non-hydrogen) atoms. The summed E-state index contributed by atoms with van der Waals surface area (Å²) in [7, 11) is 3.31. The standard InChI is InChI=1S/C24H29NO5/c1-15-10-19-17-13-20(29-4)21(30-9-5-8-28-3)11-16(17)12-22(24(2)6-7-24)25(19)14-18(15)23(26)27/h10-11,13-14,22H,1,5-9,12H2,2-4H3,(H,26,27). The molecule has 1 N–H and O–H groups in total. The molecule has 6 nitrogen and oxygen atoms in total. The molecule has 1 unspecified atom stereocenters. The van der Waals surface area contributed by atoms with E-state index in [4.69, 9.17) is 14.2 Å². The van der Waals surface area contributed by atoms with E-state index in [9.17, 15) is 9.90 Å². The van der Waals surface area contributed by atoms with Gasteiger partial charge in [0.15, 0.2) is 11.5 Å². The first-order valence-corrected chi connectivity index (χ1v) is 10.4. The molecule has 0 spiro atoms. The molecular weight excluding hydrogens is 382 g/mol. The van der Waals surface area contributed by atoms with Gasteiger partial charge in [0.05, 0.1) is 19.3 Å². The van der Waals surface area contributed by atoms with Crippen LogP contribution < -0.4 is 9.47 Å². The number of carbonyl (C=O) groups is 1. The lowest BCUT2D eigenvalue weighted by molar-refractivity contribution is -0.132. The van der Waals surface area contributed by atoms with Crippen LogP contribution >= 0.6 is 0 Å². The topological polar surface area (TPSA) is 68.2 Å². The Bertz CT molecular complexity index is 941. The van der Waals surface area contributed by atoms with Crippen molar-refractivity contribution in [3.8, 4) is 11.5 Å². The van der Waals surface area contributed by atoms with Crippen LogP contribution in [-0.2, 0) is 16.0 Å². The number of fused-ring (bicyclic) bond motifs is 3. The fraction of sp³-hybridized carbons (Fsp3) is 0.458. The van der Waals surface area contributed by atoms with Crippen molar-refractivity contribution in [1.82, 2.24) is 4.90 Å². The molecule has 0 saturated heterocycles. The zero-order chi connectivity index (χ0) is 21.5. The van der Waals surface area contributed by atoms with E-state index in [0.29, 0.717) is 24.5 Å². The highest BCUT2D eigenvalue weighted by molar-refractivity contribution is 5.95. The van der Waals surface area contributed by atoms with Gasteiger partial charge >= 0.3 is 5.97 Å². The summed E-state index contributed by atoms with van der Waals surface area (Å²) in [5.74, 6) is 0.456. The molecule has 6 heteroatoms. The Hall–Kier alpha value is -2.73. The number of rotatable bonds is 8. The van der Waals surface area contributed by atoms with Crippen LogP contribution in [0.15, 0.2) is 42.1 Å². The molecule has 0 radical (unpaired) electrons. The molecule has 1 fully saturated rings. The Morgan fingerprint density at radius 3 is 2.67 bits per heavy atom. The summed E-state index contributed by atoms with van der Waals surface area (Å²) in [6.07, 6.45) is 7.57. The minimum Gasteiger partial charge on any atom is -0.493 e. The summed E-state index contributed by atoms with van der Waals surface area (Å²) < 4.78 is 16.7. The van der Waals surface area contributed by atoms with Gasteiger partial charge in [-0.25, -0.2) is 4.79 Å². The molecule has 1 saturated carbocycles. The SMILES string of the molecule is C=C1C=C2c3cc(OC)c(OCCCOC)cc3CC(C3(C)CC3)N2C=C1C(=O)O. The predicted octanol–water partition coefficient (Wildman–Crippen LogP) is 4.02. The number of methoxy groups -OCH3 is 2. The normalized spacial score (nSPS) is 21.2. The Morgan fingerprint density at radius 1 is 1.27 bits per heavy atom. The quantitative estimate of drug-likeness (QED) is 0.652. The van der Waals surface area contributed by atoms with Crippen molar-refractivity contribution in [1.29, 1.82) is 0 Å². The van der Waals surface area contributed by atoms with Crippen LogP contribution in [0.5, 0.6) is 11.5 Å². The molecule has 1 atom stereocenters. The molecular formula is C24H29NO5. The minimum absolute atomic E-state index is 0.176. The van der Waals surface area contributed by atoms with E-state index >= 15 is 0 Å². The van der Waals surface area contributed by atoms with E-state index in [1.807, 2.05) is 12.1 Å².